The number of rotatable bonds is 18. The molecule has 0 heterocycles. The summed E-state index contributed by atoms with van der Waals surface area (Å²) in [5.74, 6) is 0.900. The summed E-state index contributed by atoms with van der Waals surface area (Å²) in [6.07, 6.45) is 21.1. The van der Waals surface area contributed by atoms with E-state index in [1.807, 2.05) is 0 Å². The van der Waals surface area contributed by atoms with Gasteiger partial charge in [-0.1, -0.05) is 199 Å². The third-order valence-electron chi connectivity index (χ3n) is 9.52. The van der Waals surface area contributed by atoms with Crippen LogP contribution in [0.25, 0.3) is 0 Å². The highest BCUT2D eigenvalue weighted by Crippen LogP contribution is 2.58. The van der Waals surface area contributed by atoms with Crippen molar-refractivity contribution in [3.05, 3.63) is 121 Å². The Morgan fingerprint density at radius 3 is 1.13 bits per heavy atom. The lowest BCUT2D eigenvalue weighted by Gasteiger charge is -2.46. The Morgan fingerprint density at radius 2 is 0.778 bits per heavy atom. The van der Waals surface area contributed by atoms with Crippen LogP contribution in [0.2, 0.25) is 0 Å². The summed E-state index contributed by atoms with van der Waals surface area (Å²) in [7, 11) is -1.40. The average Bonchev–Trinajstić information content (AvgIpc) is 3.11. The van der Waals surface area contributed by atoms with Crippen LogP contribution in [-0.2, 0) is 0 Å². The van der Waals surface area contributed by atoms with Gasteiger partial charge in [-0.15, -0.1) is 0 Å². The van der Waals surface area contributed by atoms with E-state index >= 15 is 0 Å². The van der Waals surface area contributed by atoms with Crippen LogP contribution in [0.4, 0.5) is 0 Å². The fourth-order valence-corrected chi connectivity index (χ4v) is 13.5. The van der Waals surface area contributed by atoms with Crippen LogP contribution in [-0.4, -0.2) is 10.5 Å². The summed E-state index contributed by atoms with van der Waals surface area (Å²) < 4.78 is 3.04. The molecule has 0 saturated heterocycles. The number of hydrogen-bond donors (Lipinski definition) is 0. The summed E-state index contributed by atoms with van der Waals surface area (Å²) in [4.78, 5) is 0. The molecule has 0 aromatic heterocycles. The van der Waals surface area contributed by atoms with Crippen molar-refractivity contribution in [3.63, 3.8) is 0 Å². The number of hydrogen-bond acceptors (Lipinski definition) is 1. The average molecular weight is 636 g/mol. The molecule has 4 aromatic rings. The highest BCUT2D eigenvalue weighted by atomic mass is 31.2. The monoisotopic (exact) mass is 635 g/mol. The van der Waals surface area contributed by atoms with Crippen molar-refractivity contribution in [2.75, 3.05) is 0 Å². The summed E-state index contributed by atoms with van der Waals surface area (Å²) >= 11 is 0. The second-order valence-corrected chi connectivity index (χ2v) is 17.4. The van der Waals surface area contributed by atoms with Crippen molar-refractivity contribution < 1.29 is 0 Å². The van der Waals surface area contributed by atoms with Gasteiger partial charge in [0.2, 0.25) is 0 Å². The van der Waals surface area contributed by atoms with Crippen molar-refractivity contribution >= 4 is 37.4 Å². The lowest BCUT2D eigenvalue weighted by molar-refractivity contribution is 0.262. The highest BCUT2D eigenvalue weighted by Gasteiger charge is 2.38. The van der Waals surface area contributed by atoms with Gasteiger partial charge >= 0.3 is 0 Å². The van der Waals surface area contributed by atoms with E-state index < -0.39 is 16.1 Å². The first-order chi connectivity index (χ1) is 22.3. The molecule has 0 radical (unpaired) electrons. The third-order valence-corrected chi connectivity index (χ3v) is 15.2. The summed E-state index contributed by atoms with van der Waals surface area (Å²) in [6, 6.07) is 46.2. The molecular formula is C42H55NP2. The summed E-state index contributed by atoms with van der Waals surface area (Å²) in [5, 5.41) is 5.85. The predicted molar refractivity (Wildman–Crippen MR) is 202 cm³/mol. The maximum atomic E-state index is 3.04. The molecule has 1 aliphatic carbocycles. The van der Waals surface area contributed by atoms with E-state index in [0.717, 1.165) is 5.92 Å². The van der Waals surface area contributed by atoms with Crippen LogP contribution in [0, 0.1) is 5.92 Å². The lowest BCUT2D eigenvalue weighted by atomic mass is 9.83. The standard InChI is InChI=1S/C42H55NP2/c1-2-3-4-5-6-7-8-9-10-15-24-37-33-35-38(36-34-37)43(44(39-25-16-11-17-26-39)40-27-18-12-19-28-40)45(41-29-20-13-21-30-41)42-31-22-14-23-32-42/h11-14,16-23,25-32,37-38H,2-10,15,24,33-36H2,1H3. The molecule has 0 N–H and O–H groups in total. The molecule has 5 rings (SSSR count). The predicted octanol–water partition coefficient (Wildman–Crippen LogP) is 11.3. The van der Waals surface area contributed by atoms with Crippen molar-refractivity contribution in [3.8, 4) is 0 Å². The lowest BCUT2D eigenvalue weighted by Crippen LogP contribution is -2.40. The molecule has 3 heteroatoms. The molecule has 0 amide bonds. The molecule has 1 aliphatic rings. The van der Waals surface area contributed by atoms with Gasteiger partial charge in [0.15, 0.2) is 0 Å². The van der Waals surface area contributed by atoms with E-state index in [2.05, 4.69) is 133 Å². The maximum Gasteiger partial charge on any atom is 0.0325 e. The molecule has 0 bridgehead atoms. The van der Waals surface area contributed by atoms with Crippen molar-refractivity contribution in [2.45, 2.75) is 109 Å². The molecule has 1 saturated carbocycles. The zero-order chi connectivity index (χ0) is 30.9. The number of unbranched alkanes of at least 4 members (excludes halogenated alkanes) is 9. The van der Waals surface area contributed by atoms with Gasteiger partial charge in [0, 0.05) is 22.2 Å². The Balaban J connectivity index is 1.32. The van der Waals surface area contributed by atoms with Gasteiger partial charge in [-0.2, -0.15) is 0 Å². The summed E-state index contributed by atoms with van der Waals surface area (Å²) in [6.45, 7) is 2.31. The van der Waals surface area contributed by atoms with Crippen molar-refractivity contribution in [2.24, 2.45) is 5.92 Å². The van der Waals surface area contributed by atoms with E-state index in [4.69, 9.17) is 0 Å². The normalized spacial score (nSPS) is 16.9. The van der Waals surface area contributed by atoms with Gasteiger partial charge in [0.05, 0.1) is 0 Å². The minimum Gasteiger partial charge on any atom is -0.242 e. The van der Waals surface area contributed by atoms with Crippen molar-refractivity contribution in [1.29, 1.82) is 0 Å². The van der Waals surface area contributed by atoms with Crippen LogP contribution < -0.4 is 21.2 Å². The fraction of sp³-hybridized carbons (Fsp3) is 0.429. The molecule has 0 unspecified atom stereocenters. The van der Waals surface area contributed by atoms with Gasteiger partial charge in [0.1, 0.15) is 0 Å². The fourth-order valence-electron chi connectivity index (χ4n) is 7.05. The molecule has 238 valence electrons. The second-order valence-electron chi connectivity index (χ2n) is 12.9. The van der Waals surface area contributed by atoms with E-state index in [9.17, 15) is 0 Å². The van der Waals surface area contributed by atoms with Crippen LogP contribution in [0.1, 0.15) is 103 Å². The topological polar surface area (TPSA) is 3.24 Å². The zero-order valence-corrected chi connectivity index (χ0v) is 29.4. The van der Waals surface area contributed by atoms with Gasteiger partial charge < -0.3 is 0 Å². The minimum atomic E-state index is -0.701. The zero-order valence-electron chi connectivity index (χ0n) is 27.6. The molecular weight excluding hydrogens is 580 g/mol. The van der Waals surface area contributed by atoms with Crippen LogP contribution >= 0.6 is 16.1 Å². The quantitative estimate of drug-likeness (QED) is 0.0777. The smallest absolute Gasteiger partial charge is 0.0325 e. The Labute approximate surface area is 277 Å². The van der Waals surface area contributed by atoms with E-state index in [1.165, 1.54) is 118 Å². The van der Waals surface area contributed by atoms with Gasteiger partial charge in [-0.25, -0.2) is 4.44 Å². The Bertz CT molecular complexity index is 1140. The van der Waals surface area contributed by atoms with Crippen LogP contribution in [0.5, 0.6) is 0 Å². The maximum absolute atomic E-state index is 3.04. The van der Waals surface area contributed by atoms with E-state index in [0.29, 0.717) is 6.04 Å². The summed E-state index contributed by atoms with van der Waals surface area (Å²) in [5.41, 5.74) is 0. The van der Waals surface area contributed by atoms with E-state index in [-0.39, 0.29) is 0 Å². The second kappa shape index (κ2) is 19.4. The molecule has 4 aromatic carbocycles. The van der Waals surface area contributed by atoms with Gasteiger partial charge in [-0.3, -0.25) is 0 Å². The number of nitrogens with zero attached hydrogens (tertiary/aromatic N) is 1. The molecule has 45 heavy (non-hydrogen) atoms. The SMILES string of the molecule is CCCCCCCCCCCCC1CCC(N(P(c2ccccc2)c2ccccc2)P(c2ccccc2)c2ccccc2)CC1. The van der Waals surface area contributed by atoms with E-state index in [1.54, 1.807) is 0 Å². The number of benzene rings is 4. The minimum absolute atomic E-state index is 0.576. The van der Waals surface area contributed by atoms with Gasteiger partial charge in [-0.05, 0) is 52.8 Å². The Kier molecular flexibility index (Phi) is 14.7. The first kappa shape index (κ1) is 34.0. The van der Waals surface area contributed by atoms with Crippen molar-refractivity contribution in [1.82, 2.24) is 4.44 Å². The van der Waals surface area contributed by atoms with Crippen LogP contribution in [0.3, 0.4) is 0 Å². The molecule has 1 fully saturated rings. The molecule has 0 aliphatic heterocycles. The Morgan fingerprint density at radius 1 is 0.444 bits per heavy atom. The molecule has 0 atom stereocenters. The highest BCUT2D eigenvalue weighted by molar-refractivity contribution is 7.84. The molecule has 0 spiro atoms. The van der Waals surface area contributed by atoms with Crippen LogP contribution in [0.15, 0.2) is 121 Å². The largest absolute Gasteiger partial charge is 0.242 e. The Hall–Kier alpha value is -2.30. The van der Waals surface area contributed by atoms with Gasteiger partial charge in [0.25, 0.3) is 0 Å². The first-order valence-corrected chi connectivity index (χ1v) is 20.5. The first-order valence-electron chi connectivity index (χ1n) is 17.9. The third kappa shape index (κ3) is 10.3. The molecule has 1 nitrogen and oxygen atoms in total.